The summed E-state index contributed by atoms with van der Waals surface area (Å²) in [6.07, 6.45) is 6.06. The van der Waals surface area contributed by atoms with Gasteiger partial charge in [0.25, 0.3) is 0 Å². The highest BCUT2D eigenvalue weighted by atomic mass is 35.5. The first-order chi connectivity index (χ1) is 12.7. The lowest BCUT2D eigenvalue weighted by Gasteiger charge is -2.25. The van der Waals surface area contributed by atoms with E-state index in [4.69, 9.17) is 16.3 Å². The molecule has 1 saturated heterocycles. The Balaban J connectivity index is 1.79. The molecule has 2 aliphatic rings. The average molecular weight is 394 g/mol. The number of ether oxygens (including phenoxy) is 1. The molecule has 8 heteroatoms. The van der Waals surface area contributed by atoms with Gasteiger partial charge in [0.15, 0.2) is 11.6 Å². The third kappa shape index (κ3) is 4.13. The molecule has 1 aromatic heterocycles. The van der Waals surface area contributed by atoms with Crippen LogP contribution in [-0.4, -0.2) is 40.6 Å². The van der Waals surface area contributed by atoms with Gasteiger partial charge in [-0.1, -0.05) is 17.7 Å². The molecule has 0 N–H and O–H groups in total. The number of halogens is 2. The molecule has 1 aromatic rings. The number of anilines is 1. The SMILES string of the molecule is CC(C)(C)OC(=O)C1=CCCC(N2CCN(c3nccc(Cl)c3F)C2=O)=C1. The summed E-state index contributed by atoms with van der Waals surface area (Å²) in [6.45, 7) is 6.06. The van der Waals surface area contributed by atoms with E-state index in [1.165, 1.54) is 17.2 Å². The van der Waals surface area contributed by atoms with Gasteiger partial charge in [-0.05, 0) is 45.8 Å². The van der Waals surface area contributed by atoms with Crippen molar-refractivity contribution in [3.8, 4) is 0 Å². The maximum atomic E-state index is 14.2. The zero-order valence-corrected chi connectivity index (χ0v) is 16.2. The number of carbonyl (C=O) groups excluding carboxylic acids is 2. The number of esters is 1. The van der Waals surface area contributed by atoms with Crippen molar-refractivity contribution >= 4 is 29.4 Å². The highest BCUT2D eigenvalue weighted by Gasteiger charge is 2.35. The van der Waals surface area contributed by atoms with E-state index in [1.807, 2.05) is 0 Å². The number of allylic oxidation sites excluding steroid dienone is 2. The molecular formula is C19H21ClFN3O3. The second-order valence-corrected chi connectivity index (χ2v) is 7.76. The van der Waals surface area contributed by atoms with Gasteiger partial charge < -0.3 is 4.74 Å². The van der Waals surface area contributed by atoms with Crippen molar-refractivity contribution in [1.82, 2.24) is 9.88 Å². The molecule has 3 rings (SSSR count). The standard InChI is InChI=1S/C19H21ClFN3O3/c1-19(2,3)27-17(25)12-5-4-6-13(11-12)23-9-10-24(18(23)26)16-15(21)14(20)7-8-22-16/h5,7-8,11H,4,6,9-10H2,1-3H3. The van der Waals surface area contributed by atoms with Gasteiger partial charge in [0.1, 0.15) is 5.60 Å². The third-order valence-corrected chi connectivity index (χ3v) is 4.45. The molecule has 27 heavy (non-hydrogen) atoms. The summed E-state index contributed by atoms with van der Waals surface area (Å²) >= 11 is 5.79. The van der Waals surface area contributed by atoms with E-state index in [9.17, 15) is 14.0 Å². The van der Waals surface area contributed by atoms with Crippen LogP contribution in [0.1, 0.15) is 33.6 Å². The zero-order valence-electron chi connectivity index (χ0n) is 15.5. The second kappa shape index (κ2) is 7.31. The zero-order chi connectivity index (χ0) is 19.8. The van der Waals surface area contributed by atoms with Crippen LogP contribution in [0.5, 0.6) is 0 Å². The molecule has 0 spiro atoms. The smallest absolute Gasteiger partial charge is 0.338 e. The van der Waals surface area contributed by atoms with Crippen LogP contribution in [0.25, 0.3) is 0 Å². The second-order valence-electron chi connectivity index (χ2n) is 7.35. The molecule has 2 heterocycles. The molecule has 1 fully saturated rings. The fraction of sp³-hybridized carbons (Fsp3) is 0.421. The first-order valence-corrected chi connectivity index (χ1v) is 9.08. The summed E-state index contributed by atoms with van der Waals surface area (Å²) in [5, 5.41) is -0.0849. The third-order valence-electron chi connectivity index (χ3n) is 4.16. The summed E-state index contributed by atoms with van der Waals surface area (Å²) in [5.74, 6) is -1.23. The Bertz CT molecular complexity index is 845. The molecular weight excluding hydrogens is 373 g/mol. The van der Waals surface area contributed by atoms with Gasteiger partial charge >= 0.3 is 12.0 Å². The van der Waals surface area contributed by atoms with Crippen molar-refractivity contribution in [3.63, 3.8) is 0 Å². The number of hydrogen-bond acceptors (Lipinski definition) is 4. The molecule has 6 nitrogen and oxygen atoms in total. The Labute approximate surface area is 162 Å². The van der Waals surface area contributed by atoms with E-state index >= 15 is 0 Å². The lowest BCUT2D eigenvalue weighted by Crippen LogP contribution is -2.33. The molecule has 0 unspecified atom stereocenters. The Morgan fingerprint density at radius 2 is 2.00 bits per heavy atom. The summed E-state index contributed by atoms with van der Waals surface area (Å²) in [5.41, 5.74) is 0.525. The van der Waals surface area contributed by atoms with Crippen LogP contribution in [-0.2, 0) is 9.53 Å². The minimum Gasteiger partial charge on any atom is -0.456 e. The summed E-state index contributed by atoms with van der Waals surface area (Å²) < 4.78 is 19.6. The number of carbonyl (C=O) groups is 2. The number of aromatic nitrogens is 1. The maximum absolute atomic E-state index is 14.2. The Morgan fingerprint density at radius 3 is 2.70 bits per heavy atom. The van der Waals surface area contributed by atoms with E-state index in [-0.39, 0.29) is 23.4 Å². The molecule has 0 atom stereocenters. The predicted molar refractivity (Wildman–Crippen MR) is 99.9 cm³/mol. The molecule has 1 aliphatic heterocycles. The van der Waals surface area contributed by atoms with E-state index in [0.29, 0.717) is 30.7 Å². The number of nitrogens with zero attached hydrogens (tertiary/aromatic N) is 3. The van der Waals surface area contributed by atoms with Gasteiger partial charge in [0, 0.05) is 25.0 Å². The number of hydrogen-bond donors (Lipinski definition) is 0. The van der Waals surface area contributed by atoms with Gasteiger partial charge in [-0.15, -0.1) is 0 Å². The van der Waals surface area contributed by atoms with E-state index in [2.05, 4.69) is 4.98 Å². The van der Waals surface area contributed by atoms with Crippen molar-refractivity contribution in [1.29, 1.82) is 0 Å². The van der Waals surface area contributed by atoms with Crippen LogP contribution in [0.2, 0.25) is 5.02 Å². The van der Waals surface area contributed by atoms with E-state index < -0.39 is 17.4 Å². The minimum atomic E-state index is -0.721. The molecule has 1 aliphatic carbocycles. The largest absolute Gasteiger partial charge is 0.456 e. The number of rotatable bonds is 3. The molecule has 0 bridgehead atoms. The quantitative estimate of drug-likeness (QED) is 0.726. The summed E-state index contributed by atoms with van der Waals surface area (Å²) in [6, 6.07) is 0.945. The van der Waals surface area contributed by atoms with Crippen molar-refractivity contribution in [2.24, 2.45) is 0 Å². The van der Waals surface area contributed by atoms with Crippen molar-refractivity contribution in [3.05, 3.63) is 46.5 Å². The van der Waals surface area contributed by atoms with Crippen LogP contribution < -0.4 is 4.90 Å². The highest BCUT2D eigenvalue weighted by Crippen LogP contribution is 2.30. The van der Waals surface area contributed by atoms with Crippen molar-refractivity contribution in [2.45, 2.75) is 39.2 Å². The van der Waals surface area contributed by atoms with Crippen LogP contribution >= 0.6 is 11.6 Å². The van der Waals surface area contributed by atoms with E-state index in [1.54, 1.807) is 37.8 Å². The molecule has 0 saturated carbocycles. The lowest BCUT2D eigenvalue weighted by atomic mass is 10.0. The van der Waals surface area contributed by atoms with Gasteiger partial charge in [-0.3, -0.25) is 9.80 Å². The van der Waals surface area contributed by atoms with Crippen molar-refractivity contribution < 1.29 is 18.7 Å². The molecule has 144 valence electrons. The first kappa shape index (κ1) is 19.4. The van der Waals surface area contributed by atoms with Gasteiger partial charge in [-0.25, -0.2) is 19.0 Å². The summed E-state index contributed by atoms with van der Waals surface area (Å²) in [7, 11) is 0. The van der Waals surface area contributed by atoms with Gasteiger partial charge in [-0.2, -0.15) is 0 Å². The molecule has 2 amide bonds. The normalized spacial score (nSPS) is 17.7. The van der Waals surface area contributed by atoms with Crippen LogP contribution in [0.4, 0.5) is 15.0 Å². The average Bonchev–Trinajstić information content (AvgIpc) is 2.97. The summed E-state index contributed by atoms with van der Waals surface area (Å²) in [4.78, 5) is 31.8. The Kier molecular flexibility index (Phi) is 5.24. The monoisotopic (exact) mass is 393 g/mol. The van der Waals surface area contributed by atoms with E-state index in [0.717, 1.165) is 0 Å². The van der Waals surface area contributed by atoms with Crippen LogP contribution in [0.15, 0.2) is 35.7 Å². The molecule has 0 radical (unpaired) electrons. The lowest BCUT2D eigenvalue weighted by molar-refractivity contribution is -0.149. The van der Waals surface area contributed by atoms with Crippen molar-refractivity contribution in [2.75, 3.05) is 18.0 Å². The predicted octanol–water partition coefficient (Wildman–Crippen LogP) is 4.06. The van der Waals surface area contributed by atoms with Gasteiger partial charge in [0.05, 0.1) is 10.6 Å². The number of pyridine rings is 1. The number of urea groups is 1. The minimum absolute atomic E-state index is 0.0849. The van der Waals surface area contributed by atoms with Crippen LogP contribution in [0, 0.1) is 5.82 Å². The Hall–Kier alpha value is -2.41. The molecule has 0 aromatic carbocycles. The van der Waals surface area contributed by atoms with Crippen LogP contribution in [0.3, 0.4) is 0 Å². The highest BCUT2D eigenvalue weighted by molar-refractivity contribution is 6.31. The Morgan fingerprint density at radius 1 is 1.30 bits per heavy atom. The maximum Gasteiger partial charge on any atom is 0.338 e. The fourth-order valence-electron chi connectivity index (χ4n) is 2.98. The fourth-order valence-corrected chi connectivity index (χ4v) is 3.12. The topological polar surface area (TPSA) is 62.7 Å². The first-order valence-electron chi connectivity index (χ1n) is 8.70. The number of amides is 2. The van der Waals surface area contributed by atoms with Gasteiger partial charge in [0.2, 0.25) is 0 Å².